The predicted octanol–water partition coefficient (Wildman–Crippen LogP) is 5.42. The molecule has 0 aliphatic rings. The molecule has 3 rings (SSSR count). The van der Waals surface area contributed by atoms with Crippen molar-refractivity contribution in [1.29, 1.82) is 0 Å². The largest absolute Gasteiger partial charge is 0.496 e. The van der Waals surface area contributed by atoms with E-state index in [1.54, 1.807) is 13.2 Å². The Balaban J connectivity index is 1.79. The number of rotatable bonds is 8. The number of unbranched alkanes of at least 4 members (excludes halogenated alkanes) is 1. The van der Waals surface area contributed by atoms with Gasteiger partial charge < -0.3 is 14.8 Å². The normalized spacial score (nSPS) is 10.7. The van der Waals surface area contributed by atoms with Gasteiger partial charge in [-0.05, 0) is 36.1 Å². The van der Waals surface area contributed by atoms with Crippen LogP contribution in [-0.4, -0.2) is 19.6 Å². The minimum absolute atomic E-state index is 0.149. The van der Waals surface area contributed by atoms with E-state index in [4.69, 9.17) is 9.47 Å². The van der Waals surface area contributed by atoms with Gasteiger partial charge in [0.05, 0.1) is 13.7 Å². The number of nitrogens with one attached hydrogen (secondary N) is 1. The highest BCUT2D eigenvalue weighted by Gasteiger charge is 2.12. The molecule has 0 aliphatic carbocycles. The lowest BCUT2D eigenvalue weighted by Crippen LogP contribution is -2.13. The molecule has 27 heavy (non-hydrogen) atoms. The second-order valence-electron chi connectivity index (χ2n) is 6.41. The van der Waals surface area contributed by atoms with E-state index in [9.17, 15) is 4.79 Å². The van der Waals surface area contributed by atoms with Crippen LogP contribution in [0.4, 0.5) is 5.69 Å². The van der Waals surface area contributed by atoms with Crippen LogP contribution in [0.1, 0.15) is 35.7 Å². The lowest BCUT2D eigenvalue weighted by atomic mass is 10.1. The minimum atomic E-state index is -0.149. The van der Waals surface area contributed by atoms with Gasteiger partial charge in [-0.3, -0.25) is 4.79 Å². The van der Waals surface area contributed by atoms with Crippen LogP contribution in [0.25, 0.3) is 10.8 Å². The maximum absolute atomic E-state index is 12.8. The Morgan fingerprint density at radius 1 is 1.04 bits per heavy atom. The predicted molar refractivity (Wildman–Crippen MR) is 109 cm³/mol. The third kappa shape index (κ3) is 4.66. The van der Waals surface area contributed by atoms with E-state index in [0.29, 0.717) is 18.8 Å². The number of fused-ring (bicyclic) bond motifs is 1. The molecule has 4 nitrogen and oxygen atoms in total. The molecule has 3 aromatic rings. The molecule has 0 unspecified atom stereocenters. The molecule has 0 saturated heterocycles. The van der Waals surface area contributed by atoms with Crippen molar-refractivity contribution in [2.45, 2.75) is 26.4 Å². The summed E-state index contributed by atoms with van der Waals surface area (Å²) in [5.74, 6) is 0.581. The Labute approximate surface area is 160 Å². The summed E-state index contributed by atoms with van der Waals surface area (Å²) in [6.45, 7) is 3.26. The van der Waals surface area contributed by atoms with Crippen LogP contribution in [0, 0.1) is 0 Å². The maximum Gasteiger partial charge on any atom is 0.255 e. The Kier molecular flexibility index (Phi) is 6.44. The Bertz CT molecular complexity index is 915. The van der Waals surface area contributed by atoms with Crippen molar-refractivity contribution in [2.24, 2.45) is 0 Å². The maximum atomic E-state index is 12.8. The van der Waals surface area contributed by atoms with Gasteiger partial charge in [0.15, 0.2) is 0 Å². The fourth-order valence-corrected chi connectivity index (χ4v) is 2.99. The summed E-state index contributed by atoms with van der Waals surface area (Å²) >= 11 is 0. The van der Waals surface area contributed by atoms with Gasteiger partial charge in [-0.15, -0.1) is 0 Å². The van der Waals surface area contributed by atoms with E-state index in [1.165, 1.54) is 0 Å². The third-order valence-electron chi connectivity index (χ3n) is 4.48. The van der Waals surface area contributed by atoms with Crippen LogP contribution in [0.5, 0.6) is 5.75 Å². The van der Waals surface area contributed by atoms with Gasteiger partial charge in [-0.2, -0.15) is 0 Å². The van der Waals surface area contributed by atoms with Gasteiger partial charge in [-0.25, -0.2) is 0 Å². The number of ether oxygens (including phenoxy) is 2. The fourth-order valence-electron chi connectivity index (χ4n) is 2.99. The van der Waals surface area contributed by atoms with Crippen molar-refractivity contribution in [3.63, 3.8) is 0 Å². The smallest absolute Gasteiger partial charge is 0.255 e. The third-order valence-corrected chi connectivity index (χ3v) is 4.48. The lowest BCUT2D eigenvalue weighted by molar-refractivity contribution is 0.102. The Morgan fingerprint density at radius 3 is 2.67 bits per heavy atom. The molecule has 0 radical (unpaired) electrons. The van der Waals surface area contributed by atoms with Gasteiger partial charge >= 0.3 is 0 Å². The Morgan fingerprint density at radius 2 is 1.85 bits per heavy atom. The number of carbonyl (C=O) groups is 1. The van der Waals surface area contributed by atoms with Crippen molar-refractivity contribution in [3.8, 4) is 5.75 Å². The zero-order chi connectivity index (χ0) is 19.1. The van der Waals surface area contributed by atoms with Gasteiger partial charge in [0.2, 0.25) is 0 Å². The quantitative estimate of drug-likeness (QED) is 0.544. The summed E-state index contributed by atoms with van der Waals surface area (Å²) < 4.78 is 11.1. The highest BCUT2D eigenvalue weighted by Crippen LogP contribution is 2.25. The molecule has 0 bridgehead atoms. The van der Waals surface area contributed by atoms with Gasteiger partial charge in [0.25, 0.3) is 5.91 Å². The molecule has 0 aliphatic heterocycles. The highest BCUT2D eigenvalue weighted by molar-refractivity contribution is 6.09. The van der Waals surface area contributed by atoms with E-state index in [1.807, 2.05) is 54.6 Å². The first-order chi connectivity index (χ1) is 13.2. The lowest BCUT2D eigenvalue weighted by Gasteiger charge is -2.12. The molecule has 0 atom stereocenters. The molecule has 0 saturated carbocycles. The molecule has 0 spiro atoms. The van der Waals surface area contributed by atoms with Crippen molar-refractivity contribution >= 4 is 22.4 Å². The van der Waals surface area contributed by atoms with E-state index in [-0.39, 0.29) is 5.91 Å². The van der Waals surface area contributed by atoms with Crippen LogP contribution in [0.3, 0.4) is 0 Å². The number of carbonyl (C=O) groups excluding carboxylic acids is 1. The zero-order valence-electron chi connectivity index (χ0n) is 15.8. The average Bonchev–Trinajstić information content (AvgIpc) is 2.71. The van der Waals surface area contributed by atoms with Crippen LogP contribution in [-0.2, 0) is 11.3 Å². The number of hydrogen-bond donors (Lipinski definition) is 1. The van der Waals surface area contributed by atoms with E-state index >= 15 is 0 Å². The first-order valence-corrected chi connectivity index (χ1v) is 9.26. The summed E-state index contributed by atoms with van der Waals surface area (Å²) in [6.07, 6.45) is 2.11. The molecule has 1 N–H and O–H groups in total. The molecule has 0 heterocycles. The van der Waals surface area contributed by atoms with Crippen LogP contribution >= 0.6 is 0 Å². The average molecular weight is 363 g/mol. The van der Waals surface area contributed by atoms with Crippen molar-refractivity contribution in [1.82, 2.24) is 0 Å². The van der Waals surface area contributed by atoms with E-state index in [2.05, 4.69) is 12.2 Å². The molecular weight excluding hydrogens is 338 g/mol. The zero-order valence-corrected chi connectivity index (χ0v) is 15.8. The monoisotopic (exact) mass is 363 g/mol. The number of anilines is 1. The first-order valence-electron chi connectivity index (χ1n) is 9.26. The molecule has 0 fully saturated rings. The summed E-state index contributed by atoms with van der Waals surface area (Å²) in [5.41, 5.74) is 2.26. The van der Waals surface area contributed by atoms with Crippen LogP contribution in [0.2, 0.25) is 0 Å². The number of hydrogen-bond acceptors (Lipinski definition) is 3. The highest BCUT2D eigenvalue weighted by atomic mass is 16.5. The summed E-state index contributed by atoms with van der Waals surface area (Å²) in [6, 6.07) is 19.3. The Hall–Kier alpha value is -2.85. The molecule has 4 heteroatoms. The minimum Gasteiger partial charge on any atom is -0.496 e. The number of methoxy groups -OCH3 is 1. The number of amides is 1. The summed E-state index contributed by atoms with van der Waals surface area (Å²) in [5, 5.41) is 5.13. The molecule has 140 valence electrons. The van der Waals surface area contributed by atoms with Crippen molar-refractivity contribution in [3.05, 3.63) is 71.8 Å². The SMILES string of the molecule is CCCCOCc1cc(C(=O)Nc2cccc3ccccc23)ccc1OC. The molecule has 3 aromatic carbocycles. The molecule has 1 amide bonds. The van der Waals surface area contributed by atoms with E-state index < -0.39 is 0 Å². The van der Waals surface area contributed by atoms with Gasteiger partial charge in [0, 0.05) is 28.8 Å². The first kappa shape index (κ1) is 18.9. The summed E-state index contributed by atoms with van der Waals surface area (Å²) in [7, 11) is 1.63. The van der Waals surface area contributed by atoms with Crippen LogP contribution < -0.4 is 10.1 Å². The van der Waals surface area contributed by atoms with Crippen LogP contribution in [0.15, 0.2) is 60.7 Å². The second kappa shape index (κ2) is 9.19. The standard InChI is InChI=1S/C23H25NO3/c1-3-4-14-27-16-19-15-18(12-13-22(19)26-2)23(25)24-21-11-7-9-17-8-5-6-10-20(17)21/h5-13,15H,3-4,14,16H2,1-2H3,(H,24,25). The molecule has 0 aromatic heterocycles. The van der Waals surface area contributed by atoms with E-state index in [0.717, 1.165) is 40.6 Å². The van der Waals surface area contributed by atoms with Gasteiger partial charge in [0.1, 0.15) is 5.75 Å². The number of benzene rings is 3. The van der Waals surface area contributed by atoms with Crippen molar-refractivity contribution in [2.75, 3.05) is 19.0 Å². The molecular formula is C23H25NO3. The van der Waals surface area contributed by atoms with Crippen molar-refractivity contribution < 1.29 is 14.3 Å². The topological polar surface area (TPSA) is 47.6 Å². The van der Waals surface area contributed by atoms with Gasteiger partial charge in [-0.1, -0.05) is 49.7 Å². The summed E-state index contributed by atoms with van der Waals surface area (Å²) in [4.78, 5) is 12.8. The second-order valence-corrected chi connectivity index (χ2v) is 6.41. The fraction of sp³-hybridized carbons (Fsp3) is 0.261.